The number of allylic oxidation sites excluding steroid dienone is 4. The third kappa shape index (κ3) is 15.5. The third-order valence-corrected chi connectivity index (χ3v) is 3.47. The van der Waals surface area contributed by atoms with Gasteiger partial charge in [-0.1, -0.05) is 53.1 Å². The Bertz CT molecular complexity index is 612. The molecule has 0 amide bonds. The van der Waals surface area contributed by atoms with E-state index >= 15 is 0 Å². The normalized spacial score (nSPS) is 12.3. The van der Waals surface area contributed by atoms with E-state index in [1.54, 1.807) is 6.07 Å². The van der Waals surface area contributed by atoms with Crippen molar-refractivity contribution in [3.8, 4) is 5.75 Å². The van der Waals surface area contributed by atoms with Gasteiger partial charge in [0.25, 0.3) is 0 Å². The minimum atomic E-state index is 0. The molecular weight excluding hydrogens is 434 g/mol. The topological polar surface area (TPSA) is 20.2 Å². The van der Waals surface area contributed by atoms with Crippen LogP contribution in [0.3, 0.4) is 0 Å². The molecule has 153 valence electrons. The van der Waals surface area contributed by atoms with E-state index in [0.717, 1.165) is 12.0 Å². The average Bonchev–Trinajstić information content (AvgIpc) is 2.89. The minimum Gasteiger partial charge on any atom is -1.00 e. The fraction of sp³-hybridized carbons (Fsp3) is 0.500. The summed E-state index contributed by atoms with van der Waals surface area (Å²) in [4.78, 5) is 0. The van der Waals surface area contributed by atoms with Crippen LogP contribution in [0.1, 0.15) is 67.4 Å². The number of phenolic OH excluding ortho intramolecular Hbond substituents is 1. The first-order valence-electron chi connectivity index (χ1n) is 8.53. The molecule has 0 radical (unpaired) electrons. The Morgan fingerprint density at radius 2 is 1.48 bits per heavy atom. The zero-order valence-electron chi connectivity index (χ0n) is 17.7. The van der Waals surface area contributed by atoms with E-state index in [0.29, 0.717) is 10.4 Å². The number of halogens is 3. The van der Waals surface area contributed by atoms with E-state index in [4.69, 9.17) is 11.6 Å². The summed E-state index contributed by atoms with van der Waals surface area (Å²) in [5, 5.41) is 9.86. The molecule has 1 aliphatic carbocycles. The van der Waals surface area contributed by atoms with Crippen LogP contribution in [-0.4, -0.2) is 8.92 Å². The molecule has 0 unspecified atom stereocenters. The summed E-state index contributed by atoms with van der Waals surface area (Å²) in [6.45, 7) is 17.1. The zero-order valence-corrected chi connectivity index (χ0v) is 21.5. The van der Waals surface area contributed by atoms with Crippen LogP contribution in [-0.2, 0) is 25.4 Å². The molecule has 0 aromatic heterocycles. The van der Waals surface area contributed by atoms with Crippen LogP contribution in [0.15, 0.2) is 35.9 Å². The second kappa shape index (κ2) is 14.0. The van der Waals surface area contributed by atoms with Crippen LogP contribution in [0.4, 0.5) is 0 Å². The molecule has 0 atom stereocenters. The molecule has 0 bridgehead atoms. The maximum absolute atomic E-state index is 9.27. The number of rotatable bonds is 0. The van der Waals surface area contributed by atoms with Gasteiger partial charge in [0.05, 0.1) is 0 Å². The van der Waals surface area contributed by atoms with E-state index in [9.17, 15) is 5.11 Å². The molecule has 0 saturated carbocycles. The molecule has 2 rings (SSSR count). The molecule has 27 heavy (non-hydrogen) atoms. The number of hydrogen-bond donors (Lipinski definition) is 1. The van der Waals surface area contributed by atoms with E-state index in [-0.39, 0.29) is 36.0 Å². The van der Waals surface area contributed by atoms with Crippen LogP contribution in [0, 0.1) is 11.5 Å². The SMILES string of the molecule is CC(C)(C)C1=[C-]CC=C1.CC(C)(C)c1cc(O)cc(Cl)c1.C[C](C)=[Ti+].[Cl-].[Cl-]. The van der Waals surface area contributed by atoms with Crippen molar-refractivity contribution in [3.63, 3.8) is 0 Å². The first-order valence-corrected chi connectivity index (χ1v) is 9.69. The van der Waals surface area contributed by atoms with Gasteiger partial charge in [0.15, 0.2) is 0 Å². The molecule has 0 aliphatic heterocycles. The van der Waals surface area contributed by atoms with Gasteiger partial charge in [-0.3, -0.25) is 6.08 Å². The summed E-state index contributed by atoms with van der Waals surface area (Å²) in [5.41, 5.74) is 2.73. The minimum absolute atomic E-state index is 0. The van der Waals surface area contributed by atoms with E-state index in [1.165, 1.54) is 15.5 Å². The van der Waals surface area contributed by atoms with Gasteiger partial charge in [-0.2, -0.15) is 6.08 Å². The quantitative estimate of drug-likeness (QED) is 0.443. The van der Waals surface area contributed by atoms with Gasteiger partial charge in [-0.25, -0.2) is 11.6 Å². The summed E-state index contributed by atoms with van der Waals surface area (Å²) < 4.78 is 1.42. The molecule has 0 fully saturated rings. The van der Waals surface area contributed by atoms with Gasteiger partial charge in [0.1, 0.15) is 5.75 Å². The fourth-order valence-corrected chi connectivity index (χ4v) is 2.16. The smallest absolute Gasteiger partial charge is 1.00 e. The summed E-state index contributed by atoms with van der Waals surface area (Å²) in [6.07, 6.45) is 8.63. The predicted octanol–water partition coefficient (Wildman–Crippen LogP) is 0.818. The van der Waals surface area contributed by atoms with Crippen LogP contribution in [0.2, 0.25) is 5.02 Å². The average molecular weight is 467 g/mol. The number of phenols is 1. The second-order valence-electron chi connectivity index (χ2n) is 8.40. The molecule has 1 nitrogen and oxygen atoms in total. The van der Waals surface area contributed by atoms with Gasteiger partial charge < -0.3 is 29.9 Å². The molecule has 0 saturated heterocycles. The van der Waals surface area contributed by atoms with Crippen LogP contribution in [0.5, 0.6) is 5.75 Å². The Kier molecular flexibility index (Phi) is 16.4. The van der Waals surface area contributed by atoms with Crippen molar-refractivity contribution in [2.24, 2.45) is 5.41 Å². The van der Waals surface area contributed by atoms with Gasteiger partial charge >= 0.3 is 37.6 Å². The predicted molar refractivity (Wildman–Crippen MR) is 108 cm³/mol. The van der Waals surface area contributed by atoms with Gasteiger partial charge in [-0.15, -0.1) is 6.42 Å². The van der Waals surface area contributed by atoms with Crippen molar-refractivity contribution in [2.45, 2.75) is 67.2 Å². The summed E-state index contributed by atoms with van der Waals surface area (Å²) in [6, 6.07) is 5.16. The first-order chi connectivity index (χ1) is 11.2. The fourth-order valence-electron chi connectivity index (χ4n) is 1.93. The summed E-state index contributed by atoms with van der Waals surface area (Å²) in [7, 11) is 0. The Hall–Kier alpha value is -0.0457. The Morgan fingerprint density at radius 3 is 1.74 bits per heavy atom. The number of benzene rings is 1. The van der Waals surface area contributed by atoms with E-state index in [1.807, 2.05) is 6.07 Å². The standard InChI is InChI=1S/C10H13ClO.C9H13.C3H6.2ClH.Ti/c1-10(2,3)7-4-8(11)6-9(12)5-7;1-9(2,3)8-6-4-5-7-8;1-3-2;;;/h4-6,12H,1-3H3;4,6H,5H2,1-3H3;1-2H3;2*1H;/q;-1;;;;+1/p-2. The second-order valence-corrected chi connectivity index (χ2v) is 10.4. The number of hydrogen-bond acceptors (Lipinski definition) is 1. The van der Waals surface area contributed by atoms with Gasteiger partial charge in [0, 0.05) is 5.02 Å². The third-order valence-electron chi connectivity index (χ3n) is 3.25. The van der Waals surface area contributed by atoms with Crippen molar-refractivity contribution in [2.75, 3.05) is 0 Å². The van der Waals surface area contributed by atoms with Crippen molar-refractivity contribution >= 4 is 15.4 Å². The first kappa shape index (κ1) is 31.6. The number of aromatic hydroxyl groups is 1. The van der Waals surface area contributed by atoms with Crippen molar-refractivity contribution < 1.29 is 49.9 Å². The molecule has 5 heteroatoms. The molecular formula is C22H32Cl3OTi-2. The van der Waals surface area contributed by atoms with Crippen molar-refractivity contribution in [1.82, 2.24) is 0 Å². The molecule has 1 aromatic carbocycles. The maximum atomic E-state index is 9.27. The Balaban J connectivity index is -0.000000343. The molecule has 1 aromatic rings. The van der Waals surface area contributed by atoms with Crippen LogP contribution in [0.25, 0.3) is 0 Å². The molecule has 0 spiro atoms. The van der Waals surface area contributed by atoms with Gasteiger partial charge in [0.2, 0.25) is 0 Å². The van der Waals surface area contributed by atoms with Gasteiger partial charge in [-0.05, 0) is 34.6 Å². The van der Waals surface area contributed by atoms with Crippen LogP contribution < -0.4 is 24.8 Å². The van der Waals surface area contributed by atoms with Crippen molar-refractivity contribution in [1.29, 1.82) is 0 Å². The maximum Gasteiger partial charge on any atom is -1.00 e. The monoisotopic (exact) mass is 465 g/mol. The zero-order chi connectivity index (χ0) is 19.8. The Morgan fingerprint density at radius 1 is 1.00 bits per heavy atom. The Labute approximate surface area is 195 Å². The summed E-state index contributed by atoms with van der Waals surface area (Å²) in [5.74, 6) is 0.229. The van der Waals surface area contributed by atoms with E-state index < -0.39 is 0 Å². The molecule has 1 aliphatic rings. The van der Waals surface area contributed by atoms with E-state index in [2.05, 4.69) is 93.6 Å². The largest absolute Gasteiger partial charge is 1.00 e. The van der Waals surface area contributed by atoms with Crippen molar-refractivity contribution in [3.05, 3.63) is 52.6 Å². The molecule has 0 heterocycles. The molecule has 1 N–H and O–H groups in total. The summed E-state index contributed by atoms with van der Waals surface area (Å²) >= 11 is 7.88. The van der Waals surface area contributed by atoms with Crippen LogP contribution >= 0.6 is 11.6 Å².